The van der Waals surface area contributed by atoms with Crippen LogP contribution in [0, 0.1) is 19.8 Å². The summed E-state index contributed by atoms with van der Waals surface area (Å²) in [5.41, 5.74) is 3.60. The van der Waals surface area contributed by atoms with E-state index in [1.807, 2.05) is 0 Å². The van der Waals surface area contributed by atoms with Crippen LogP contribution in [0.5, 0.6) is 5.75 Å². The first-order chi connectivity index (χ1) is 9.20. The number of nitrogens with one attached hydrogen (secondary N) is 2. The largest absolute Gasteiger partial charge is 0.496 e. The average molecular weight is 262 g/mol. The van der Waals surface area contributed by atoms with E-state index in [0.717, 1.165) is 18.2 Å². The smallest absolute Gasteiger partial charge is 0.124 e. The molecule has 2 N–H and O–H groups in total. The standard InChI is InChI=1S/C16H26N2O/c1-12-9-15(10-13(2)16(12)19-3)18-8-6-14-5-4-7-17-11-14/h9-10,14,17-18H,4-8,11H2,1-3H3. The van der Waals surface area contributed by atoms with E-state index in [0.29, 0.717) is 0 Å². The van der Waals surface area contributed by atoms with Crippen LogP contribution in [0.4, 0.5) is 5.69 Å². The maximum atomic E-state index is 5.39. The average Bonchev–Trinajstić information content (AvgIpc) is 2.40. The van der Waals surface area contributed by atoms with Gasteiger partial charge in [-0.2, -0.15) is 0 Å². The maximum absolute atomic E-state index is 5.39. The molecule has 0 aromatic heterocycles. The van der Waals surface area contributed by atoms with Crippen LogP contribution >= 0.6 is 0 Å². The fraction of sp³-hybridized carbons (Fsp3) is 0.625. The molecule has 1 aromatic carbocycles. The molecule has 1 saturated heterocycles. The van der Waals surface area contributed by atoms with Gasteiger partial charge in [0.25, 0.3) is 0 Å². The lowest BCUT2D eigenvalue weighted by atomic mass is 9.96. The van der Waals surface area contributed by atoms with E-state index in [9.17, 15) is 0 Å². The summed E-state index contributed by atoms with van der Waals surface area (Å²) in [6.07, 6.45) is 3.94. The Morgan fingerprint density at radius 1 is 1.32 bits per heavy atom. The van der Waals surface area contributed by atoms with Gasteiger partial charge in [-0.15, -0.1) is 0 Å². The maximum Gasteiger partial charge on any atom is 0.124 e. The highest BCUT2D eigenvalue weighted by molar-refractivity contribution is 5.55. The zero-order chi connectivity index (χ0) is 13.7. The van der Waals surface area contributed by atoms with E-state index in [-0.39, 0.29) is 0 Å². The van der Waals surface area contributed by atoms with Gasteiger partial charge in [0.2, 0.25) is 0 Å². The lowest BCUT2D eigenvalue weighted by molar-refractivity contribution is 0.364. The summed E-state index contributed by atoms with van der Waals surface area (Å²) in [7, 11) is 1.73. The molecule has 106 valence electrons. The van der Waals surface area contributed by atoms with Crippen molar-refractivity contribution in [1.82, 2.24) is 5.32 Å². The molecule has 1 atom stereocenters. The summed E-state index contributed by atoms with van der Waals surface area (Å²) in [5.74, 6) is 1.84. The van der Waals surface area contributed by atoms with Crippen LogP contribution in [0.25, 0.3) is 0 Å². The number of aryl methyl sites for hydroxylation is 2. The highest BCUT2D eigenvalue weighted by Crippen LogP contribution is 2.26. The molecule has 1 fully saturated rings. The lowest BCUT2D eigenvalue weighted by Gasteiger charge is -2.23. The minimum Gasteiger partial charge on any atom is -0.496 e. The number of piperidine rings is 1. The quantitative estimate of drug-likeness (QED) is 0.855. The van der Waals surface area contributed by atoms with E-state index < -0.39 is 0 Å². The molecule has 1 aliphatic heterocycles. The Morgan fingerprint density at radius 2 is 2.05 bits per heavy atom. The molecule has 3 nitrogen and oxygen atoms in total. The molecule has 1 heterocycles. The molecule has 3 heteroatoms. The Balaban J connectivity index is 1.85. The van der Waals surface area contributed by atoms with Gasteiger partial charge in [-0.05, 0) is 75.4 Å². The summed E-state index contributed by atoms with van der Waals surface area (Å²) < 4.78 is 5.39. The van der Waals surface area contributed by atoms with E-state index in [1.165, 1.54) is 49.2 Å². The van der Waals surface area contributed by atoms with Crippen molar-refractivity contribution in [2.24, 2.45) is 5.92 Å². The van der Waals surface area contributed by atoms with Gasteiger partial charge in [0.05, 0.1) is 7.11 Å². The van der Waals surface area contributed by atoms with E-state index in [1.54, 1.807) is 7.11 Å². The number of anilines is 1. The summed E-state index contributed by atoms with van der Waals surface area (Å²) in [4.78, 5) is 0. The first-order valence-electron chi connectivity index (χ1n) is 7.30. The molecule has 1 unspecified atom stereocenters. The predicted molar refractivity (Wildman–Crippen MR) is 81.2 cm³/mol. The molecule has 0 spiro atoms. The van der Waals surface area contributed by atoms with Crippen molar-refractivity contribution in [3.63, 3.8) is 0 Å². The zero-order valence-electron chi connectivity index (χ0n) is 12.4. The van der Waals surface area contributed by atoms with Crippen LogP contribution in [0.3, 0.4) is 0 Å². The second kappa shape index (κ2) is 6.80. The first kappa shape index (κ1) is 14.2. The van der Waals surface area contributed by atoms with Gasteiger partial charge in [0.15, 0.2) is 0 Å². The Morgan fingerprint density at radius 3 is 2.63 bits per heavy atom. The first-order valence-corrected chi connectivity index (χ1v) is 7.30. The van der Waals surface area contributed by atoms with Crippen LogP contribution < -0.4 is 15.4 Å². The summed E-state index contributed by atoms with van der Waals surface area (Å²) in [6, 6.07) is 4.34. The number of methoxy groups -OCH3 is 1. The van der Waals surface area contributed by atoms with Crippen molar-refractivity contribution >= 4 is 5.69 Å². The van der Waals surface area contributed by atoms with Gasteiger partial charge in [-0.1, -0.05) is 0 Å². The monoisotopic (exact) mass is 262 g/mol. The van der Waals surface area contributed by atoms with Crippen LogP contribution in [0.2, 0.25) is 0 Å². The highest BCUT2D eigenvalue weighted by Gasteiger charge is 2.12. The van der Waals surface area contributed by atoms with Crippen molar-refractivity contribution < 1.29 is 4.74 Å². The number of hydrogen-bond acceptors (Lipinski definition) is 3. The van der Waals surface area contributed by atoms with E-state index in [2.05, 4.69) is 36.6 Å². The third-order valence-corrected chi connectivity index (χ3v) is 3.95. The number of hydrogen-bond donors (Lipinski definition) is 2. The molecular formula is C16H26N2O. The van der Waals surface area contributed by atoms with Crippen molar-refractivity contribution in [2.75, 3.05) is 32.1 Å². The van der Waals surface area contributed by atoms with Crippen molar-refractivity contribution in [2.45, 2.75) is 33.1 Å². The van der Waals surface area contributed by atoms with Crippen molar-refractivity contribution in [3.8, 4) is 5.75 Å². The van der Waals surface area contributed by atoms with Gasteiger partial charge in [-0.25, -0.2) is 0 Å². The number of rotatable bonds is 5. The Bertz CT molecular complexity index is 388. The molecule has 0 radical (unpaired) electrons. The molecule has 0 aliphatic carbocycles. The highest BCUT2D eigenvalue weighted by atomic mass is 16.5. The van der Waals surface area contributed by atoms with Crippen LogP contribution in [-0.2, 0) is 0 Å². The third kappa shape index (κ3) is 3.87. The molecule has 0 saturated carbocycles. The van der Waals surface area contributed by atoms with Gasteiger partial charge in [-0.3, -0.25) is 0 Å². The Labute approximate surface area is 116 Å². The van der Waals surface area contributed by atoms with E-state index >= 15 is 0 Å². The van der Waals surface area contributed by atoms with Crippen molar-refractivity contribution in [3.05, 3.63) is 23.3 Å². The third-order valence-electron chi connectivity index (χ3n) is 3.95. The summed E-state index contributed by atoms with van der Waals surface area (Å²) in [5, 5.41) is 7.01. The topological polar surface area (TPSA) is 33.3 Å². The van der Waals surface area contributed by atoms with Gasteiger partial charge in [0, 0.05) is 12.2 Å². The SMILES string of the molecule is COc1c(C)cc(NCCC2CCCNC2)cc1C. The minimum absolute atomic E-state index is 0.835. The summed E-state index contributed by atoms with van der Waals surface area (Å²) >= 11 is 0. The molecule has 1 aromatic rings. The molecule has 2 rings (SSSR count). The summed E-state index contributed by atoms with van der Waals surface area (Å²) in [6.45, 7) is 7.63. The Hall–Kier alpha value is -1.22. The fourth-order valence-electron chi connectivity index (χ4n) is 2.97. The molecule has 19 heavy (non-hydrogen) atoms. The van der Waals surface area contributed by atoms with Crippen LogP contribution in [0.1, 0.15) is 30.4 Å². The van der Waals surface area contributed by atoms with Gasteiger partial charge < -0.3 is 15.4 Å². The van der Waals surface area contributed by atoms with Crippen LogP contribution in [0.15, 0.2) is 12.1 Å². The molecular weight excluding hydrogens is 236 g/mol. The van der Waals surface area contributed by atoms with Gasteiger partial charge in [0.1, 0.15) is 5.75 Å². The number of ether oxygens (including phenoxy) is 1. The molecule has 0 amide bonds. The predicted octanol–water partition coefficient (Wildman–Crippen LogP) is 3.11. The fourth-order valence-corrected chi connectivity index (χ4v) is 2.97. The zero-order valence-corrected chi connectivity index (χ0v) is 12.4. The molecule has 1 aliphatic rings. The second-order valence-electron chi connectivity index (χ2n) is 5.57. The van der Waals surface area contributed by atoms with Crippen LogP contribution in [-0.4, -0.2) is 26.7 Å². The Kier molecular flexibility index (Phi) is 5.08. The van der Waals surface area contributed by atoms with Crippen molar-refractivity contribution in [1.29, 1.82) is 0 Å². The van der Waals surface area contributed by atoms with E-state index in [4.69, 9.17) is 4.74 Å². The van der Waals surface area contributed by atoms with Gasteiger partial charge >= 0.3 is 0 Å². The molecule has 0 bridgehead atoms. The lowest BCUT2D eigenvalue weighted by Crippen LogP contribution is -2.30. The second-order valence-corrected chi connectivity index (χ2v) is 5.57. The minimum atomic E-state index is 0.835. The number of benzene rings is 1. The normalized spacial score (nSPS) is 19.2.